The van der Waals surface area contributed by atoms with E-state index in [4.69, 9.17) is 17.3 Å². The number of nitrogens with two attached hydrogens (primary N) is 1. The number of benzene rings is 1. The lowest BCUT2D eigenvalue weighted by Gasteiger charge is -2.04. The van der Waals surface area contributed by atoms with Crippen molar-refractivity contribution in [2.75, 3.05) is 11.1 Å². The smallest absolute Gasteiger partial charge is 0.233 e. The van der Waals surface area contributed by atoms with Crippen LogP contribution in [0.2, 0.25) is 5.28 Å². The molecule has 0 saturated carbocycles. The van der Waals surface area contributed by atoms with Crippen LogP contribution in [-0.2, 0) is 0 Å². The maximum atomic E-state index is 12.9. The highest BCUT2D eigenvalue weighted by molar-refractivity contribution is 6.28. The first-order valence-corrected chi connectivity index (χ1v) is 4.71. The van der Waals surface area contributed by atoms with Crippen LogP contribution >= 0.6 is 11.6 Å². The summed E-state index contributed by atoms with van der Waals surface area (Å²) in [6, 6.07) is 5.86. The lowest BCUT2D eigenvalue weighted by Crippen LogP contribution is -2.03. The summed E-state index contributed by atoms with van der Waals surface area (Å²) in [5, 5.41) is 2.74. The van der Waals surface area contributed by atoms with Crippen molar-refractivity contribution in [3.63, 3.8) is 0 Å². The van der Waals surface area contributed by atoms with E-state index >= 15 is 0 Å². The van der Waals surface area contributed by atoms with Crippen LogP contribution in [0.1, 0.15) is 0 Å². The number of hydrogen-bond donors (Lipinski definition) is 2. The summed E-state index contributed by atoms with van der Waals surface area (Å²) in [6.07, 6.45) is 0. The zero-order chi connectivity index (χ0) is 11.5. The standard InChI is InChI=1S/C9H7ClFN5/c10-7-14-8(12)16-9(15-7)13-6-3-1-2-5(11)4-6/h1-4H,(H3,12,13,14,15,16). The van der Waals surface area contributed by atoms with Gasteiger partial charge in [0.05, 0.1) is 0 Å². The van der Waals surface area contributed by atoms with E-state index in [1.54, 1.807) is 12.1 Å². The molecule has 0 aliphatic heterocycles. The van der Waals surface area contributed by atoms with Gasteiger partial charge in [-0.3, -0.25) is 0 Å². The van der Waals surface area contributed by atoms with Crippen LogP contribution in [0.5, 0.6) is 0 Å². The normalized spacial score (nSPS) is 10.1. The van der Waals surface area contributed by atoms with Gasteiger partial charge in [-0.05, 0) is 29.8 Å². The molecule has 0 unspecified atom stereocenters. The Balaban J connectivity index is 2.27. The van der Waals surface area contributed by atoms with Gasteiger partial charge in [0.15, 0.2) is 0 Å². The molecule has 0 spiro atoms. The Morgan fingerprint density at radius 3 is 2.75 bits per heavy atom. The molecule has 0 aliphatic rings. The zero-order valence-electron chi connectivity index (χ0n) is 7.98. The van der Waals surface area contributed by atoms with Gasteiger partial charge in [-0.15, -0.1) is 0 Å². The molecule has 1 aromatic carbocycles. The molecule has 0 bridgehead atoms. The first-order chi connectivity index (χ1) is 7.63. The summed E-state index contributed by atoms with van der Waals surface area (Å²) < 4.78 is 12.9. The van der Waals surface area contributed by atoms with Gasteiger partial charge in [0, 0.05) is 5.69 Å². The highest BCUT2D eigenvalue weighted by Gasteiger charge is 2.03. The fraction of sp³-hybridized carbons (Fsp3) is 0. The van der Waals surface area contributed by atoms with Gasteiger partial charge in [-0.2, -0.15) is 15.0 Å². The number of anilines is 3. The zero-order valence-corrected chi connectivity index (χ0v) is 8.74. The second-order valence-electron chi connectivity index (χ2n) is 2.92. The Labute approximate surface area is 95.5 Å². The van der Waals surface area contributed by atoms with Gasteiger partial charge in [0.1, 0.15) is 5.82 Å². The molecule has 7 heteroatoms. The maximum absolute atomic E-state index is 12.9. The molecule has 0 atom stereocenters. The molecule has 0 aliphatic carbocycles. The van der Waals surface area contributed by atoms with Crippen LogP contribution in [-0.4, -0.2) is 15.0 Å². The minimum atomic E-state index is -0.363. The third-order valence-electron chi connectivity index (χ3n) is 1.71. The van der Waals surface area contributed by atoms with E-state index in [2.05, 4.69) is 20.3 Å². The van der Waals surface area contributed by atoms with Gasteiger partial charge in [0.2, 0.25) is 17.2 Å². The van der Waals surface area contributed by atoms with Crippen LogP contribution in [0.3, 0.4) is 0 Å². The van der Waals surface area contributed by atoms with Crippen molar-refractivity contribution in [2.24, 2.45) is 0 Å². The van der Waals surface area contributed by atoms with Crippen molar-refractivity contribution in [3.05, 3.63) is 35.4 Å². The first kappa shape index (κ1) is 10.6. The van der Waals surface area contributed by atoms with Crippen molar-refractivity contribution < 1.29 is 4.39 Å². The largest absolute Gasteiger partial charge is 0.368 e. The van der Waals surface area contributed by atoms with Crippen molar-refractivity contribution in [2.45, 2.75) is 0 Å². The molecule has 82 valence electrons. The molecule has 0 amide bonds. The summed E-state index contributed by atoms with van der Waals surface area (Å²) in [6.45, 7) is 0. The van der Waals surface area contributed by atoms with E-state index in [0.29, 0.717) is 5.69 Å². The SMILES string of the molecule is Nc1nc(Cl)nc(Nc2cccc(F)c2)n1. The molecule has 0 fully saturated rings. The quantitative estimate of drug-likeness (QED) is 0.838. The molecule has 2 rings (SSSR count). The monoisotopic (exact) mass is 239 g/mol. The fourth-order valence-electron chi connectivity index (χ4n) is 1.12. The molecule has 5 nitrogen and oxygen atoms in total. The van der Waals surface area contributed by atoms with E-state index in [9.17, 15) is 4.39 Å². The average molecular weight is 240 g/mol. The number of nitrogen functional groups attached to an aromatic ring is 1. The van der Waals surface area contributed by atoms with E-state index < -0.39 is 0 Å². The summed E-state index contributed by atoms with van der Waals surface area (Å²) in [5.41, 5.74) is 5.88. The van der Waals surface area contributed by atoms with Crippen LogP contribution in [0.4, 0.5) is 22.0 Å². The number of rotatable bonds is 2. The molecule has 2 aromatic rings. The molecule has 0 radical (unpaired) electrons. The maximum Gasteiger partial charge on any atom is 0.233 e. The van der Waals surface area contributed by atoms with Gasteiger partial charge in [-0.25, -0.2) is 4.39 Å². The molecular weight excluding hydrogens is 233 g/mol. The highest BCUT2D eigenvalue weighted by Crippen LogP contribution is 2.15. The van der Waals surface area contributed by atoms with Crippen LogP contribution < -0.4 is 11.1 Å². The molecule has 0 saturated heterocycles. The van der Waals surface area contributed by atoms with E-state index in [0.717, 1.165) is 0 Å². The third-order valence-corrected chi connectivity index (χ3v) is 1.88. The highest BCUT2D eigenvalue weighted by atomic mass is 35.5. The van der Waals surface area contributed by atoms with Crippen molar-refractivity contribution in [1.82, 2.24) is 15.0 Å². The minimum Gasteiger partial charge on any atom is -0.368 e. The summed E-state index contributed by atoms with van der Waals surface area (Å²) in [5.74, 6) is -0.194. The Hall–Kier alpha value is -1.95. The van der Waals surface area contributed by atoms with Crippen LogP contribution in [0.15, 0.2) is 24.3 Å². The minimum absolute atomic E-state index is 0.00102. The third kappa shape index (κ3) is 2.54. The van der Waals surface area contributed by atoms with Crippen LogP contribution in [0, 0.1) is 5.82 Å². The lowest BCUT2D eigenvalue weighted by molar-refractivity contribution is 0.628. The predicted octanol–water partition coefficient (Wildman–Crippen LogP) is 1.99. The van der Waals surface area contributed by atoms with E-state index in [1.165, 1.54) is 12.1 Å². The van der Waals surface area contributed by atoms with E-state index in [-0.39, 0.29) is 23.0 Å². The predicted molar refractivity (Wildman–Crippen MR) is 58.9 cm³/mol. The Kier molecular flexibility index (Phi) is 2.82. The number of halogens is 2. The fourth-order valence-corrected chi connectivity index (χ4v) is 1.28. The van der Waals surface area contributed by atoms with Gasteiger partial charge in [0.25, 0.3) is 0 Å². The number of nitrogens with zero attached hydrogens (tertiary/aromatic N) is 3. The Morgan fingerprint density at radius 2 is 2.06 bits per heavy atom. The van der Waals surface area contributed by atoms with Gasteiger partial charge >= 0.3 is 0 Å². The summed E-state index contributed by atoms with van der Waals surface area (Å²) in [7, 11) is 0. The second kappa shape index (κ2) is 4.28. The van der Waals surface area contributed by atoms with Crippen molar-refractivity contribution >= 4 is 29.2 Å². The lowest BCUT2D eigenvalue weighted by atomic mass is 10.3. The average Bonchev–Trinajstić information content (AvgIpc) is 2.15. The van der Waals surface area contributed by atoms with Gasteiger partial charge < -0.3 is 11.1 Å². The Bertz CT molecular complexity index is 499. The molecule has 1 aromatic heterocycles. The van der Waals surface area contributed by atoms with Crippen molar-refractivity contribution in [1.29, 1.82) is 0 Å². The van der Waals surface area contributed by atoms with Crippen LogP contribution in [0.25, 0.3) is 0 Å². The number of aromatic nitrogens is 3. The van der Waals surface area contributed by atoms with E-state index in [1.807, 2.05) is 0 Å². The second-order valence-corrected chi connectivity index (χ2v) is 3.26. The molecular formula is C9H7ClFN5. The van der Waals surface area contributed by atoms with Crippen molar-refractivity contribution in [3.8, 4) is 0 Å². The summed E-state index contributed by atoms with van der Waals surface area (Å²) >= 11 is 5.59. The van der Waals surface area contributed by atoms with Gasteiger partial charge in [-0.1, -0.05) is 6.07 Å². The first-order valence-electron chi connectivity index (χ1n) is 4.33. The summed E-state index contributed by atoms with van der Waals surface area (Å²) in [4.78, 5) is 11.2. The number of hydrogen-bond acceptors (Lipinski definition) is 5. The molecule has 1 heterocycles. The number of nitrogens with one attached hydrogen (secondary N) is 1. The Morgan fingerprint density at radius 1 is 1.25 bits per heavy atom. The topological polar surface area (TPSA) is 76.7 Å². The molecule has 3 N–H and O–H groups in total. The molecule has 16 heavy (non-hydrogen) atoms.